The number of nitrogens with one attached hydrogen (secondary N) is 1. The van der Waals surface area contributed by atoms with Crippen LogP contribution in [0.3, 0.4) is 0 Å². The molecule has 0 bridgehead atoms. The number of nitrogens with two attached hydrogens (primary N) is 1. The van der Waals surface area contributed by atoms with Crippen molar-refractivity contribution in [1.29, 1.82) is 5.26 Å². The van der Waals surface area contributed by atoms with Gasteiger partial charge in [-0.15, -0.1) is 0 Å². The number of hydrazone groups is 1. The number of urea groups is 1. The van der Waals surface area contributed by atoms with E-state index in [4.69, 9.17) is 20.5 Å². The van der Waals surface area contributed by atoms with Gasteiger partial charge in [0, 0.05) is 0 Å². The highest BCUT2D eigenvalue weighted by molar-refractivity contribution is 5.82. The molecule has 0 unspecified atom stereocenters. The van der Waals surface area contributed by atoms with E-state index in [9.17, 15) is 4.79 Å². The average molecular weight is 262 g/mol. The minimum absolute atomic E-state index is 0.0588. The van der Waals surface area contributed by atoms with Gasteiger partial charge in [-0.2, -0.15) is 10.4 Å². The highest BCUT2D eigenvalue weighted by atomic mass is 16.5. The standard InChI is InChI=1S/C12H14N4O3/c1-2-18-11-7-9(8-15-16-12(14)17)3-4-10(11)19-6-5-13/h3-4,7-8H,2,6H2,1H3,(H3,14,16,17)/b15-8-. The Labute approximate surface area is 110 Å². The molecule has 0 radical (unpaired) electrons. The molecule has 0 aliphatic carbocycles. The van der Waals surface area contributed by atoms with Crippen LogP contribution in [0.5, 0.6) is 11.5 Å². The van der Waals surface area contributed by atoms with Gasteiger partial charge >= 0.3 is 6.03 Å². The quantitative estimate of drug-likeness (QED) is 0.588. The van der Waals surface area contributed by atoms with Gasteiger partial charge in [0.15, 0.2) is 18.1 Å². The number of nitrogens with zero attached hydrogens (tertiary/aromatic N) is 2. The third-order valence-electron chi connectivity index (χ3n) is 1.95. The lowest BCUT2D eigenvalue weighted by molar-refractivity contribution is 0.249. The van der Waals surface area contributed by atoms with Crippen LogP contribution in [0.15, 0.2) is 23.3 Å². The summed E-state index contributed by atoms with van der Waals surface area (Å²) in [7, 11) is 0. The van der Waals surface area contributed by atoms with Crippen molar-refractivity contribution >= 4 is 12.2 Å². The van der Waals surface area contributed by atoms with Crippen LogP contribution in [0.25, 0.3) is 0 Å². The summed E-state index contributed by atoms with van der Waals surface area (Å²) < 4.78 is 10.6. The summed E-state index contributed by atoms with van der Waals surface area (Å²) in [6, 6.07) is 6.19. The van der Waals surface area contributed by atoms with Crippen molar-refractivity contribution in [3.05, 3.63) is 23.8 Å². The molecule has 19 heavy (non-hydrogen) atoms. The van der Waals surface area contributed by atoms with Crippen LogP contribution in [-0.2, 0) is 0 Å². The number of nitriles is 1. The van der Waals surface area contributed by atoms with Crippen LogP contribution in [0.1, 0.15) is 12.5 Å². The van der Waals surface area contributed by atoms with Gasteiger partial charge in [-0.1, -0.05) is 0 Å². The number of benzene rings is 1. The van der Waals surface area contributed by atoms with Crippen LogP contribution in [-0.4, -0.2) is 25.5 Å². The van der Waals surface area contributed by atoms with Crippen molar-refractivity contribution in [2.24, 2.45) is 10.8 Å². The van der Waals surface area contributed by atoms with E-state index in [1.54, 1.807) is 18.2 Å². The Hall–Kier alpha value is -2.75. The van der Waals surface area contributed by atoms with Crippen molar-refractivity contribution < 1.29 is 14.3 Å². The van der Waals surface area contributed by atoms with Crippen LogP contribution >= 0.6 is 0 Å². The fourth-order valence-electron chi connectivity index (χ4n) is 1.27. The van der Waals surface area contributed by atoms with Crippen LogP contribution < -0.4 is 20.6 Å². The zero-order valence-corrected chi connectivity index (χ0v) is 10.4. The van der Waals surface area contributed by atoms with Gasteiger partial charge in [0.05, 0.1) is 12.8 Å². The molecule has 7 nitrogen and oxygen atoms in total. The molecule has 3 N–H and O–H groups in total. The molecule has 0 aliphatic rings. The molecule has 0 atom stereocenters. The summed E-state index contributed by atoms with van der Waals surface area (Å²) in [5.41, 5.74) is 7.66. The zero-order valence-electron chi connectivity index (χ0n) is 10.4. The lowest BCUT2D eigenvalue weighted by Crippen LogP contribution is -2.24. The number of carbonyl (C=O) groups excluding carboxylic acids is 1. The predicted octanol–water partition coefficient (Wildman–Crippen LogP) is 0.990. The molecule has 0 saturated carbocycles. The second-order valence-electron chi connectivity index (χ2n) is 3.32. The van der Waals surface area contributed by atoms with E-state index < -0.39 is 6.03 Å². The first kappa shape index (κ1) is 14.3. The zero-order chi connectivity index (χ0) is 14.1. The number of rotatable bonds is 6. The second-order valence-corrected chi connectivity index (χ2v) is 3.32. The molecule has 1 aromatic carbocycles. The topological polar surface area (TPSA) is 110 Å². The van der Waals surface area contributed by atoms with Crippen LogP contribution in [0, 0.1) is 11.3 Å². The van der Waals surface area contributed by atoms with Crippen molar-refractivity contribution in [2.45, 2.75) is 6.92 Å². The predicted molar refractivity (Wildman–Crippen MR) is 69.0 cm³/mol. The van der Waals surface area contributed by atoms with Crippen molar-refractivity contribution in [3.8, 4) is 17.6 Å². The molecule has 100 valence electrons. The third-order valence-corrected chi connectivity index (χ3v) is 1.95. The maximum absolute atomic E-state index is 10.5. The van der Waals surface area contributed by atoms with E-state index >= 15 is 0 Å². The van der Waals surface area contributed by atoms with E-state index in [1.165, 1.54) is 6.21 Å². The fraction of sp³-hybridized carbons (Fsp3) is 0.250. The van der Waals surface area contributed by atoms with Crippen LogP contribution in [0.2, 0.25) is 0 Å². The first-order chi connectivity index (χ1) is 9.17. The molecule has 0 aliphatic heterocycles. The number of carbonyl (C=O) groups is 1. The van der Waals surface area contributed by atoms with E-state index in [1.807, 2.05) is 13.0 Å². The first-order valence-corrected chi connectivity index (χ1v) is 5.52. The van der Waals surface area contributed by atoms with Crippen LogP contribution in [0.4, 0.5) is 4.79 Å². The van der Waals surface area contributed by atoms with E-state index in [0.29, 0.717) is 23.7 Å². The van der Waals surface area contributed by atoms with Gasteiger partial charge in [0.25, 0.3) is 0 Å². The lowest BCUT2D eigenvalue weighted by atomic mass is 10.2. The minimum Gasteiger partial charge on any atom is -0.490 e. The molecular formula is C12H14N4O3. The normalized spacial score (nSPS) is 9.89. The lowest BCUT2D eigenvalue weighted by Gasteiger charge is -2.10. The summed E-state index contributed by atoms with van der Waals surface area (Å²) in [6.07, 6.45) is 1.42. The Bertz CT molecular complexity index is 508. The Morgan fingerprint density at radius 2 is 2.32 bits per heavy atom. The van der Waals surface area contributed by atoms with E-state index in [-0.39, 0.29) is 6.61 Å². The number of hydrogen-bond donors (Lipinski definition) is 2. The maximum atomic E-state index is 10.5. The summed E-state index contributed by atoms with van der Waals surface area (Å²) in [5, 5.41) is 12.1. The smallest absolute Gasteiger partial charge is 0.332 e. The van der Waals surface area contributed by atoms with Crippen molar-refractivity contribution in [1.82, 2.24) is 5.43 Å². The van der Waals surface area contributed by atoms with Gasteiger partial charge in [0.1, 0.15) is 6.07 Å². The molecule has 0 heterocycles. The SMILES string of the molecule is CCOc1cc(/C=N\NC(N)=O)ccc1OCC#N. The van der Waals surface area contributed by atoms with E-state index in [2.05, 4.69) is 10.5 Å². The Balaban J connectivity index is 2.85. The van der Waals surface area contributed by atoms with E-state index in [0.717, 1.165) is 0 Å². The highest BCUT2D eigenvalue weighted by Gasteiger charge is 2.05. The largest absolute Gasteiger partial charge is 0.490 e. The van der Waals surface area contributed by atoms with Gasteiger partial charge in [-0.3, -0.25) is 0 Å². The second kappa shape index (κ2) is 7.55. The fourth-order valence-corrected chi connectivity index (χ4v) is 1.27. The third kappa shape index (κ3) is 4.95. The molecule has 1 aromatic rings. The summed E-state index contributed by atoms with van der Waals surface area (Å²) >= 11 is 0. The number of hydrogen-bond acceptors (Lipinski definition) is 5. The van der Waals surface area contributed by atoms with Crippen molar-refractivity contribution in [3.63, 3.8) is 0 Å². The number of amides is 2. The molecule has 1 rings (SSSR count). The van der Waals surface area contributed by atoms with Gasteiger partial charge in [-0.25, -0.2) is 10.2 Å². The monoisotopic (exact) mass is 262 g/mol. The average Bonchev–Trinajstić information content (AvgIpc) is 2.38. The van der Waals surface area contributed by atoms with Gasteiger partial charge < -0.3 is 15.2 Å². The highest BCUT2D eigenvalue weighted by Crippen LogP contribution is 2.27. The Morgan fingerprint density at radius 3 is 2.95 bits per heavy atom. The molecular weight excluding hydrogens is 248 g/mol. The Kier molecular flexibility index (Phi) is 5.69. The molecule has 2 amide bonds. The molecule has 0 saturated heterocycles. The van der Waals surface area contributed by atoms with Gasteiger partial charge in [0.2, 0.25) is 0 Å². The molecule has 0 aromatic heterocycles. The number of primary amides is 1. The minimum atomic E-state index is -0.741. The summed E-state index contributed by atoms with van der Waals surface area (Å²) in [6.45, 7) is 2.24. The van der Waals surface area contributed by atoms with Crippen molar-refractivity contribution in [2.75, 3.05) is 13.2 Å². The number of ether oxygens (including phenoxy) is 2. The first-order valence-electron chi connectivity index (χ1n) is 5.52. The van der Waals surface area contributed by atoms with Gasteiger partial charge in [-0.05, 0) is 30.7 Å². The summed E-state index contributed by atoms with van der Waals surface area (Å²) in [5.74, 6) is 0.976. The Morgan fingerprint density at radius 1 is 1.53 bits per heavy atom. The molecule has 0 fully saturated rings. The maximum Gasteiger partial charge on any atom is 0.332 e. The molecule has 0 spiro atoms. The molecule has 7 heteroatoms. The summed E-state index contributed by atoms with van der Waals surface area (Å²) in [4.78, 5) is 10.5.